The van der Waals surface area contributed by atoms with Crippen molar-refractivity contribution in [3.8, 4) is 0 Å². The third-order valence-electron chi connectivity index (χ3n) is 3.11. The lowest BCUT2D eigenvalue weighted by Crippen LogP contribution is -2.43. The summed E-state index contributed by atoms with van der Waals surface area (Å²) in [5.74, 6) is -0.909. The molecule has 2 N–H and O–H groups in total. The van der Waals surface area contributed by atoms with E-state index in [0.717, 1.165) is 16.5 Å². The Bertz CT molecular complexity index is 505. The van der Waals surface area contributed by atoms with Crippen LogP contribution in [0.4, 0.5) is 4.79 Å². The highest BCUT2D eigenvalue weighted by atomic mass is 79.9. The Morgan fingerprint density at radius 3 is 2.95 bits per heavy atom. The molecule has 0 unspecified atom stereocenters. The van der Waals surface area contributed by atoms with Gasteiger partial charge in [-0.15, -0.1) is 0 Å². The second-order valence-electron chi connectivity index (χ2n) is 4.42. The van der Waals surface area contributed by atoms with Gasteiger partial charge in [-0.3, -0.25) is 4.79 Å². The Kier molecular flexibility index (Phi) is 4.42. The molecule has 19 heavy (non-hydrogen) atoms. The summed E-state index contributed by atoms with van der Waals surface area (Å²) in [6.45, 7) is 1.37. The molecule has 1 aliphatic heterocycles. The number of aliphatic carboxylic acids is 1. The number of urea groups is 1. The molecule has 0 saturated carbocycles. The van der Waals surface area contributed by atoms with Crippen molar-refractivity contribution in [2.75, 3.05) is 13.1 Å². The van der Waals surface area contributed by atoms with Crippen molar-refractivity contribution >= 4 is 27.9 Å². The van der Waals surface area contributed by atoms with Crippen LogP contribution in [-0.2, 0) is 17.8 Å². The highest BCUT2D eigenvalue weighted by Crippen LogP contribution is 2.26. The number of nitrogens with zero attached hydrogens (tertiary/aromatic N) is 1. The van der Waals surface area contributed by atoms with E-state index in [1.165, 1.54) is 5.56 Å². The number of carbonyl (C=O) groups excluding carboxylic acids is 1. The zero-order valence-electron chi connectivity index (χ0n) is 10.4. The zero-order valence-corrected chi connectivity index (χ0v) is 11.9. The SMILES string of the molecule is O=C(O)CCNC(=O)N1CCc2c(Br)cccc2C1. The molecule has 0 aromatic heterocycles. The van der Waals surface area contributed by atoms with Crippen molar-refractivity contribution in [3.05, 3.63) is 33.8 Å². The van der Waals surface area contributed by atoms with Gasteiger partial charge < -0.3 is 15.3 Å². The predicted octanol–water partition coefficient (Wildman–Crippen LogP) is 1.99. The van der Waals surface area contributed by atoms with Gasteiger partial charge in [0.05, 0.1) is 6.42 Å². The molecule has 1 aromatic carbocycles. The molecule has 1 aromatic rings. The van der Waals surface area contributed by atoms with E-state index in [2.05, 4.69) is 21.2 Å². The fourth-order valence-corrected chi connectivity index (χ4v) is 2.73. The van der Waals surface area contributed by atoms with Gasteiger partial charge in [-0.05, 0) is 23.6 Å². The molecule has 5 nitrogen and oxygen atoms in total. The van der Waals surface area contributed by atoms with E-state index in [1.807, 2.05) is 18.2 Å². The molecule has 2 rings (SSSR count). The molecule has 1 heterocycles. The van der Waals surface area contributed by atoms with E-state index < -0.39 is 5.97 Å². The molecule has 0 bridgehead atoms. The second-order valence-corrected chi connectivity index (χ2v) is 5.28. The summed E-state index contributed by atoms with van der Waals surface area (Å²) < 4.78 is 1.08. The molecule has 0 saturated heterocycles. The van der Waals surface area contributed by atoms with E-state index in [0.29, 0.717) is 13.1 Å². The maximum Gasteiger partial charge on any atom is 0.317 e. The summed E-state index contributed by atoms with van der Waals surface area (Å²) in [4.78, 5) is 24.0. The highest BCUT2D eigenvalue weighted by molar-refractivity contribution is 9.10. The molecule has 0 radical (unpaired) electrons. The van der Waals surface area contributed by atoms with Gasteiger partial charge in [0, 0.05) is 24.1 Å². The van der Waals surface area contributed by atoms with E-state index in [9.17, 15) is 9.59 Å². The van der Waals surface area contributed by atoms with Crippen LogP contribution in [0, 0.1) is 0 Å². The van der Waals surface area contributed by atoms with Crippen molar-refractivity contribution in [1.29, 1.82) is 0 Å². The van der Waals surface area contributed by atoms with Crippen LogP contribution in [0.25, 0.3) is 0 Å². The van der Waals surface area contributed by atoms with Crippen LogP contribution in [0.3, 0.4) is 0 Å². The third-order valence-corrected chi connectivity index (χ3v) is 3.85. The molecule has 102 valence electrons. The first-order valence-corrected chi connectivity index (χ1v) is 6.88. The molecular weight excluding hydrogens is 312 g/mol. The van der Waals surface area contributed by atoms with Gasteiger partial charge in [0.1, 0.15) is 0 Å². The van der Waals surface area contributed by atoms with Crippen LogP contribution >= 0.6 is 15.9 Å². The standard InChI is InChI=1S/C13H15BrN2O3/c14-11-3-1-2-9-8-16(7-5-10(9)11)13(19)15-6-4-12(17)18/h1-3H,4-8H2,(H,15,19)(H,17,18). The number of fused-ring (bicyclic) bond motifs is 1. The van der Waals surface area contributed by atoms with Crippen molar-refractivity contribution in [3.63, 3.8) is 0 Å². The van der Waals surface area contributed by atoms with Crippen LogP contribution in [0.15, 0.2) is 22.7 Å². The molecule has 0 fully saturated rings. The largest absolute Gasteiger partial charge is 0.481 e. The summed E-state index contributed by atoms with van der Waals surface area (Å²) in [6, 6.07) is 5.76. The number of carbonyl (C=O) groups is 2. The molecular formula is C13H15BrN2O3. The monoisotopic (exact) mass is 326 g/mol. The minimum atomic E-state index is -0.909. The minimum Gasteiger partial charge on any atom is -0.481 e. The van der Waals surface area contributed by atoms with Gasteiger partial charge in [0.25, 0.3) is 0 Å². The van der Waals surface area contributed by atoms with Gasteiger partial charge in [-0.2, -0.15) is 0 Å². The van der Waals surface area contributed by atoms with Crippen molar-refractivity contribution in [2.24, 2.45) is 0 Å². The van der Waals surface area contributed by atoms with Gasteiger partial charge in [0.2, 0.25) is 0 Å². The number of halogens is 1. The van der Waals surface area contributed by atoms with Gasteiger partial charge >= 0.3 is 12.0 Å². The first kappa shape index (κ1) is 13.9. The fourth-order valence-electron chi connectivity index (χ4n) is 2.12. The van der Waals surface area contributed by atoms with Crippen LogP contribution < -0.4 is 5.32 Å². The smallest absolute Gasteiger partial charge is 0.317 e. The number of amides is 2. The Hall–Kier alpha value is -1.56. The number of benzene rings is 1. The fraction of sp³-hybridized carbons (Fsp3) is 0.385. The average Bonchev–Trinajstić information content (AvgIpc) is 2.38. The summed E-state index contributed by atoms with van der Waals surface area (Å²) in [6.07, 6.45) is 0.755. The topological polar surface area (TPSA) is 69.6 Å². The van der Waals surface area contributed by atoms with Gasteiger partial charge in [-0.25, -0.2) is 4.79 Å². The van der Waals surface area contributed by atoms with E-state index >= 15 is 0 Å². The van der Waals surface area contributed by atoms with Crippen LogP contribution in [-0.4, -0.2) is 35.1 Å². The molecule has 2 amide bonds. The second kappa shape index (κ2) is 6.06. The van der Waals surface area contributed by atoms with Crippen LogP contribution in [0.1, 0.15) is 17.5 Å². The highest BCUT2D eigenvalue weighted by Gasteiger charge is 2.21. The molecule has 0 aliphatic carbocycles. The van der Waals surface area contributed by atoms with Crippen molar-refractivity contribution in [2.45, 2.75) is 19.4 Å². The summed E-state index contributed by atoms with van der Waals surface area (Å²) in [5, 5.41) is 11.2. The molecule has 1 aliphatic rings. The first-order valence-electron chi connectivity index (χ1n) is 6.09. The number of hydrogen-bond acceptors (Lipinski definition) is 2. The maximum atomic E-state index is 11.9. The first-order chi connectivity index (χ1) is 9.08. The number of nitrogens with one attached hydrogen (secondary N) is 1. The Balaban J connectivity index is 1.94. The van der Waals surface area contributed by atoms with Crippen LogP contribution in [0.2, 0.25) is 0 Å². The van der Waals surface area contributed by atoms with Gasteiger partial charge in [0.15, 0.2) is 0 Å². The molecule has 6 heteroatoms. The Labute approximate surface area is 119 Å². The normalized spacial score (nSPS) is 13.8. The quantitative estimate of drug-likeness (QED) is 0.892. The minimum absolute atomic E-state index is 0.0539. The number of rotatable bonds is 3. The van der Waals surface area contributed by atoms with E-state index in [-0.39, 0.29) is 19.0 Å². The average molecular weight is 327 g/mol. The van der Waals surface area contributed by atoms with Gasteiger partial charge in [-0.1, -0.05) is 28.1 Å². The van der Waals surface area contributed by atoms with E-state index in [1.54, 1.807) is 4.90 Å². The zero-order chi connectivity index (χ0) is 13.8. The maximum absolute atomic E-state index is 11.9. The lowest BCUT2D eigenvalue weighted by molar-refractivity contribution is -0.136. The Morgan fingerprint density at radius 1 is 1.42 bits per heavy atom. The summed E-state index contributed by atoms with van der Waals surface area (Å²) in [7, 11) is 0. The molecule has 0 spiro atoms. The lowest BCUT2D eigenvalue weighted by Gasteiger charge is -2.29. The van der Waals surface area contributed by atoms with E-state index in [4.69, 9.17) is 5.11 Å². The summed E-state index contributed by atoms with van der Waals surface area (Å²) >= 11 is 3.51. The predicted molar refractivity (Wildman–Crippen MR) is 73.9 cm³/mol. The lowest BCUT2D eigenvalue weighted by atomic mass is 10.0. The summed E-state index contributed by atoms with van der Waals surface area (Å²) in [5.41, 5.74) is 2.38. The number of carboxylic acid groups (broad SMARTS) is 1. The van der Waals surface area contributed by atoms with Crippen molar-refractivity contribution < 1.29 is 14.7 Å². The number of hydrogen-bond donors (Lipinski definition) is 2. The number of carboxylic acids is 1. The Morgan fingerprint density at radius 2 is 2.21 bits per heavy atom. The van der Waals surface area contributed by atoms with Crippen molar-refractivity contribution in [1.82, 2.24) is 10.2 Å². The molecule has 0 atom stereocenters. The third kappa shape index (κ3) is 3.47. The van der Waals surface area contributed by atoms with Crippen LogP contribution in [0.5, 0.6) is 0 Å².